The quantitative estimate of drug-likeness (QED) is 0.387. The number of amides is 2. The summed E-state index contributed by atoms with van der Waals surface area (Å²) in [6, 6.07) is 15.8. The van der Waals surface area contributed by atoms with Crippen molar-refractivity contribution in [2.45, 2.75) is 25.4 Å². The minimum atomic E-state index is -1.64. The van der Waals surface area contributed by atoms with E-state index < -0.39 is 16.9 Å². The van der Waals surface area contributed by atoms with E-state index in [0.717, 1.165) is 0 Å². The van der Waals surface area contributed by atoms with Gasteiger partial charge in [-0.1, -0.05) is 41.1 Å². The van der Waals surface area contributed by atoms with Gasteiger partial charge in [-0.2, -0.15) is 0 Å². The number of furan rings is 1. The molecule has 0 saturated carbocycles. The minimum absolute atomic E-state index is 0.00948. The first-order valence-corrected chi connectivity index (χ1v) is 11.8. The van der Waals surface area contributed by atoms with Gasteiger partial charge < -0.3 is 18.6 Å². The van der Waals surface area contributed by atoms with Crippen LogP contribution in [0.1, 0.15) is 40.8 Å². The van der Waals surface area contributed by atoms with Gasteiger partial charge in [-0.15, -0.1) is 0 Å². The Kier molecular flexibility index (Phi) is 4.57. The molecule has 0 aliphatic carbocycles. The third kappa shape index (κ3) is 2.60. The van der Waals surface area contributed by atoms with Crippen LogP contribution in [0.2, 0.25) is 0 Å². The summed E-state index contributed by atoms with van der Waals surface area (Å²) >= 11 is 3.41. The van der Waals surface area contributed by atoms with Crippen LogP contribution >= 0.6 is 15.9 Å². The van der Waals surface area contributed by atoms with Crippen LogP contribution < -0.4 is 10.3 Å². The molecule has 1 unspecified atom stereocenters. The number of benzene rings is 2. The molecule has 2 amide bonds. The number of rotatable bonds is 4. The molecule has 6 rings (SSSR count). The van der Waals surface area contributed by atoms with Crippen molar-refractivity contribution < 1.29 is 18.4 Å². The monoisotopic (exact) mass is 518 g/mol. The van der Waals surface area contributed by atoms with Gasteiger partial charge in [0.2, 0.25) is 5.76 Å². The number of halogens is 1. The van der Waals surface area contributed by atoms with Crippen LogP contribution in [0.5, 0.6) is 0 Å². The van der Waals surface area contributed by atoms with Crippen molar-refractivity contribution in [3.63, 3.8) is 0 Å². The molecule has 0 saturated heterocycles. The molecule has 0 N–H and O–H groups in total. The SMILES string of the molecule is CCCN1C(=O)C2(c3ccccc31)c1c(oc3ccc(Br)cc3c1=O)C(=O)N2Cc1ccco1. The highest BCUT2D eigenvalue weighted by atomic mass is 79.9. The topological polar surface area (TPSA) is 84.0 Å². The average molecular weight is 519 g/mol. The van der Waals surface area contributed by atoms with E-state index in [0.29, 0.717) is 45.4 Å². The van der Waals surface area contributed by atoms with E-state index in [1.54, 1.807) is 35.2 Å². The summed E-state index contributed by atoms with van der Waals surface area (Å²) in [6.07, 6.45) is 2.23. The van der Waals surface area contributed by atoms with Crippen molar-refractivity contribution in [1.29, 1.82) is 0 Å². The Hall–Kier alpha value is -3.65. The third-order valence-electron chi connectivity index (χ3n) is 6.54. The molecule has 1 spiro atoms. The molecule has 7 nitrogen and oxygen atoms in total. The van der Waals surface area contributed by atoms with E-state index >= 15 is 0 Å². The van der Waals surface area contributed by atoms with Gasteiger partial charge in [0, 0.05) is 16.6 Å². The van der Waals surface area contributed by atoms with E-state index in [4.69, 9.17) is 8.83 Å². The molecular weight excluding hydrogens is 500 g/mol. The normalized spacial score (nSPS) is 18.9. The molecule has 34 heavy (non-hydrogen) atoms. The summed E-state index contributed by atoms with van der Waals surface area (Å²) in [7, 11) is 0. The Morgan fingerprint density at radius 1 is 1.03 bits per heavy atom. The first kappa shape index (κ1) is 20.9. The Balaban J connectivity index is 1.72. The predicted octanol–water partition coefficient (Wildman–Crippen LogP) is 4.80. The molecule has 0 bridgehead atoms. The molecule has 0 fully saturated rings. The molecule has 2 aliphatic heterocycles. The molecule has 4 aromatic rings. The molecule has 2 aromatic carbocycles. The lowest BCUT2D eigenvalue weighted by Gasteiger charge is -2.33. The fraction of sp³-hybridized carbons (Fsp3) is 0.192. The van der Waals surface area contributed by atoms with Gasteiger partial charge in [-0.3, -0.25) is 14.4 Å². The number of carbonyl (C=O) groups is 2. The first-order chi connectivity index (χ1) is 16.5. The van der Waals surface area contributed by atoms with Crippen LogP contribution in [0.25, 0.3) is 11.0 Å². The summed E-state index contributed by atoms with van der Waals surface area (Å²) < 4.78 is 12.3. The Bertz CT molecular complexity index is 1540. The average Bonchev–Trinajstić information content (AvgIpc) is 3.50. The molecule has 1 atom stereocenters. The molecular formula is C26H19BrN2O5. The number of carbonyl (C=O) groups excluding carboxylic acids is 2. The molecule has 170 valence electrons. The molecule has 2 aliphatic rings. The van der Waals surface area contributed by atoms with Crippen molar-refractivity contribution in [3.8, 4) is 0 Å². The van der Waals surface area contributed by atoms with Crippen LogP contribution in [-0.4, -0.2) is 23.3 Å². The molecule has 4 heterocycles. The van der Waals surface area contributed by atoms with Crippen molar-refractivity contribution in [3.05, 3.63) is 98.2 Å². The number of nitrogens with zero attached hydrogens (tertiary/aromatic N) is 2. The second-order valence-corrected chi connectivity index (χ2v) is 9.35. The summed E-state index contributed by atoms with van der Waals surface area (Å²) in [5.41, 5.74) is -0.399. The van der Waals surface area contributed by atoms with Gasteiger partial charge in [0.25, 0.3) is 11.8 Å². The summed E-state index contributed by atoms with van der Waals surface area (Å²) in [5, 5.41) is 0.305. The van der Waals surface area contributed by atoms with Crippen molar-refractivity contribution in [1.82, 2.24) is 4.90 Å². The van der Waals surface area contributed by atoms with Gasteiger partial charge in [-0.05, 0) is 42.8 Å². The largest absolute Gasteiger partial charge is 0.467 e. The van der Waals surface area contributed by atoms with E-state index in [2.05, 4.69) is 15.9 Å². The van der Waals surface area contributed by atoms with E-state index in [9.17, 15) is 14.4 Å². The lowest BCUT2D eigenvalue weighted by molar-refractivity contribution is -0.126. The Morgan fingerprint density at radius 2 is 1.85 bits per heavy atom. The van der Waals surface area contributed by atoms with E-state index in [1.807, 2.05) is 31.2 Å². The number of fused-ring (bicyclic) bond motifs is 5. The first-order valence-electron chi connectivity index (χ1n) is 11.0. The lowest BCUT2D eigenvalue weighted by atomic mass is 9.84. The zero-order chi connectivity index (χ0) is 23.6. The fourth-order valence-corrected chi connectivity index (χ4v) is 5.55. The van der Waals surface area contributed by atoms with Gasteiger partial charge in [-0.25, -0.2) is 0 Å². The zero-order valence-electron chi connectivity index (χ0n) is 18.2. The lowest BCUT2D eigenvalue weighted by Crippen LogP contribution is -2.53. The second kappa shape index (κ2) is 7.43. The summed E-state index contributed by atoms with van der Waals surface area (Å²) in [6.45, 7) is 2.45. The van der Waals surface area contributed by atoms with Crippen molar-refractivity contribution in [2.24, 2.45) is 0 Å². The molecule has 0 radical (unpaired) electrons. The smallest absolute Gasteiger partial charge is 0.291 e. The Labute approximate surface area is 202 Å². The van der Waals surface area contributed by atoms with Crippen LogP contribution in [0.3, 0.4) is 0 Å². The van der Waals surface area contributed by atoms with Gasteiger partial charge in [0.1, 0.15) is 11.3 Å². The maximum Gasteiger partial charge on any atom is 0.291 e. The van der Waals surface area contributed by atoms with Gasteiger partial charge in [0.05, 0.1) is 29.4 Å². The van der Waals surface area contributed by atoms with E-state index in [-0.39, 0.29) is 23.8 Å². The van der Waals surface area contributed by atoms with Crippen LogP contribution in [-0.2, 0) is 16.9 Å². The molecule has 2 aromatic heterocycles. The van der Waals surface area contributed by atoms with Crippen molar-refractivity contribution in [2.75, 3.05) is 11.4 Å². The predicted molar refractivity (Wildman–Crippen MR) is 129 cm³/mol. The number of hydrogen-bond donors (Lipinski definition) is 0. The summed E-state index contributed by atoms with van der Waals surface area (Å²) in [5.74, 6) is -0.460. The van der Waals surface area contributed by atoms with Crippen LogP contribution in [0, 0.1) is 0 Å². The highest BCUT2D eigenvalue weighted by Gasteiger charge is 2.65. The maximum absolute atomic E-state index is 14.3. The highest BCUT2D eigenvalue weighted by Crippen LogP contribution is 2.53. The summed E-state index contributed by atoms with van der Waals surface area (Å²) in [4.78, 5) is 45.2. The number of anilines is 1. The van der Waals surface area contributed by atoms with Crippen LogP contribution in [0.15, 0.2) is 79.0 Å². The third-order valence-corrected chi connectivity index (χ3v) is 7.03. The van der Waals surface area contributed by atoms with E-state index in [1.165, 1.54) is 11.2 Å². The zero-order valence-corrected chi connectivity index (χ0v) is 19.8. The fourth-order valence-electron chi connectivity index (χ4n) is 5.19. The minimum Gasteiger partial charge on any atom is -0.467 e. The van der Waals surface area contributed by atoms with Crippen molar-refractivity contribution >= 4 is 44.4 Å². The van der Waals surface area contributed by atoms with Gasteiger partial charge in [0.15, 0.2) is 11.0 Å². The number of hydrogen-bond acceptors (Lipinski definition) is 5. The molecule has 8 heteroatoms. The Morgan fingerprint density at radius 3 is 2.62 bits per heavy atom. The number of para-hydroxylation sites is 1. The standard InChI is InChI=1S/C26H19BrN2O5/c1-2-11-28-19-8-4-3-7-18(19)26(25(28)32)21-22(30)17-13-15(27)9-10-20(17)34-23(21)24(31)29(26)14-16-6-5-12-33-16/h3-10,12-13H,2,11,14H2,1H3. The highest BCUT2D eigenvalue weighted by molar-refractivity contribution is 9.10. The van der Waals surface area contributed by atoms with Crippen LogP contribution in [0.4, 0.5) is 5.69 Å². The van der Waals surface area contributed by atoms with Gasteiger partial charge >= 0.3 is 0 Å². The second-order valence-electron chi connectivity index (χ2n) is 8.43. The maximum atomic E-state index is 14.3.